The molecule has 1 aliphatic rings. The molecule has 0 saturated carbocycles. The third-order valence-corrected chi connectivity index (χ3v) is 3.82. The van der Waals surface area contributed by atoms with E-state index >= 15 is 0 Å². The Bertz CT molecular complexity index is 562. The number of hydrogen-bond acceptors (Lipinski definition) is 3. The summed E-state index contributed by atoms with van der Waals surface area (Å²) in [4.78, 5) is 14.5. The van der Waals surface area contributed by atoms with Gasteiger partial charge in [-0.15, -0.1) is 0 Å². The second-order valence-corrected chi connectivity index (χ2v) is 5.22. The number of hydrogen-bond donors (Lipinski definition) is 1. The van der Waals surface area contributed by atoms with Gasteiger partial charge in [-0.25, -0.2) is 0 Å². The minimum absolute atomic E-state index is 0.000990. The van der Waals surface area contributed by atoms with Crippen molar-refractivity contribution in [2.45, 2.75) is 18.9 Å². The van der Waals surface area contributed by atoms with Crippen molar-refractivity contribution in [3.05, 3.63) is 53.9 Å². The van der Waals surface area contributed by atoms with Gasteiger partial charge in [0.05, 0.1) is 12.6 Å². The smallest absolute Gasteiger partial charge is 0.272 e. The van der Waals surface area contributed by atoms with Gasteiger partial charge in [0.1, 0.15) is 5.69 Å². The first-order chi connectivity index (χ1) is 10.3. The molecule has 1 N–H and O–H groups in total. The quantitative estimate of drug-likeness (QED) is 0.912. The average Bonchev–Trinajstić information content (AvgIpc) is 3.22. The van der Waals surface area contributed by atoms with E-state index in [0.717, 1.165) is 19.4 Å². The number of ether oxygens (including phenoxy) is 1. The highest BCUT2D eigenvalue weighted by Crippen LogP contribution is 2.16. The van der Waals surface area contributed by atoms with Gasteiger partial charge in [-0.2, -0.15) is 5.10 Å². The molecule has 1 unspecified atom stereocenters. The summed E-state index contributed by atoms with van der Waals surface area (Å²) < 4.78 is 5.44. The summed E-state index contributed by atoms with van der Waals surface area (Å²) in [5.74, 6) is -0.000990. The zero-order chi connectivity index (χ0) is 14.5. The van der Waals surface area contributed by atoms with Crippen molar-refractivity contribution in [2.75, 3.05) is 19.8 Å². The second-order valence-electron chi connectivity index (χ2n) is 5.22. The topological polar surface area (TPSA) is 58.2 Å². The van der Waals surface area contributed by atoms with Crippen molar-refractivity contribution in [1.29, 1.82) is 0 Å². The van der Waals surface area contributed by atoms with Crippen molar-refractivity contribution in [2.24, 2.45) is 0 Å². The number of H-pyrrole nitrogens is 1. The Labute approximate surface area is 123 Å². The first-order valence-corrected chi connectivity index (χ1v) is 7.26. The monoisotopic (exact) mass is 285 g/mol. The van der Waals surface area contributed by atoms with Gasteiger partial charge in [-0.1, -0.05) is 30.3 Å². The Morgan fingerprint density at radius 1 is 1.33 bits per heavy atom. The summed E-state index contributed by atoms with van der Waals surface area (Å²) in [5, 5.41) is 6.62. The molecule has 0 radical (unpaired) electrons. The lowest BCUT2D eigenvalue weighted by atomic mass is 10.1. The minimum Gasteiger partial charge on any atom is -0.379 e. The van der Waals surface area contributed by atoms with Gasteiger partial charge >= 0.3 is 0 Å². The first kappa shape index (κ1) is 13.8. The molecule has 0 aliphatic carbocycles. The van der Waals surface area contributed by atoms with Gasteiger partial charge in [-0.3, -0.25) is 9.89 Å². The van der Waals surface area contributed by atoms with Crippen molar-refractivity contribution in [3.63, 3.8) is 0 Å². The fourth-order valence-corrected chi connectivity index (χ4v) is 2.64. The number of carbonyl (C=O) groups is 1. The molecule has 2 aromatic rings. The van der Waals surface area contributed by atoms with Crippen LogP contribution in [0.15, 0.2) is 42.6 Å². The predicted molar refractivity (Wildman–Crippen MR) is 79.0 cm³/mol. The van der Waals surface area contributed by atoms with Crippen molar-refractivity contribution < 1.29 is 9.53 Å². The van der Waals surface area contributed by atoms with Gasteiger partial charge in [0.2, 0.25) is 0 Å². The number of aromatic nitrogens is 2. The third-order valence-electron chi connectivity index (χ3n) is 3.82. The van der Waals surface area contributed by atoms with Crippen LogP contribution in [0.25, 0.3) is 0 Å². The molecule has 0 spiro atoms. The van der Waals surface area contributed by atoms with Gasteiger partial charge in [-0.05, 0) is 24.5 Å². The standard InChI is InChI=1S/C16H19N3O2/c20-16(15-6-9-17-18-15)19(14-8-11-21-12-14)10-7-13-4-2-1-3-5-13/h1-6,9,14H,7-8,10-12H2,(H,17,18). The van der Waals surface area contributed by atoms with E-state index in [1.807, 2.05) is 23.1 Å². The van der Waals surface area contributed by atoms with E-state index in [1.165, 1.54) is 5.56 Å². The van der Waals surface area contributed by atoms with Crippen molar-refractivity contribution >= 4 is 5.91 Å². The molecule has 1 atom stereocenters. The van der Waals surface area contributed by atoms with Crippen LogP contribution in [0.1, 0.15) is 22.5 Å². The average molecular weight is 285 g/mol. The molecule has 1 saturated heterocycles. The number of nitrogens with zero attached hydrogens (tertiary/aromatic N) is 2. The maximum atomic E-state index is 12.6. The molecular formula is C16H19N3O2. The van der Waals surface area contributed by atoms with E-state index in [9.17, 15) is 4.79 Å². The van der Waals surface area contributed by atoms with Crippen LogP contribution in [0.2, 0.25) is 0 Å². The Morgan fingerprint density at radius 3 is 2.86 bits per heavy atom. The fraction of sp³-hybridized carbons (Fsp3) is 0.375. The largest absolute Gasteiger partial charge is 0.379 e. The lowest BCUT2D eigenvalue weighted by Gasteiger charge is -2.27. The zero-order valence-corrected chi connectivity index (χ0v) is 11.9. The molecule has 1 amide bonds. The van der Waals surface area contributed by atoms with E-state index in [4.69, 9.17) is 4.74 Å². The molecule has 110 valence electrons. The van der Waals surface area contributed by atoms with Crippen LogP contribution in [0.4, 0.5) is 0 Å². The van der Waals surface area contributed by atoms with Crippen LogP contribution in [0.5, 0.6) is 0 Å². The summed E-state index contributed by atoms with van der Waals surface area (Å²) >= 11 is 0. The summed E-state index contributed by atoms with van der Waals surface area (Å²) in [7, 11) is 0. The Hall–Kier alpha value is -2.14. The fourth-order valence-electron chi connectivity index (χ4n) is 2.64. The van der Waals surface area contributed by atoms with E-state index < -0.39 is 0 Å². The molecular weight excluding hydrogens is 266 g/mol. The molecule has 1 aromatic carbocycles. The van der Waals surface area contributed by atoms with E-state index in [2.05, 4.69) is 22.3 Å². The third kappa shape index (κ3) is 3.31. The maximum absolute atomic E-state index is 12.6. The summed E-state index contributed by atoms with van der Waals surface area (Å²) in [6.45, 7) is 2.04. The van der Waals surface area contributed by atoms with Crippen LogP contribution < -0.4 is 0 Å². The number of carbonyl (C=O) groups excluding carboxylic acids is 1. The lowest BCUT2D eigenvalue weighted by Crippen LogP contribution is -2.42. The highest BCUT2D eigenvalue weighted by molar-refractivity contribution is 5.92. The summed E-state index contributed by atoms with van der Waals surface area (Å²) in [5.41, 5.74) is 1.77. The van der Waals surface area contributed by atoms with E-state index in [-0.39, 0.29) is 11.9 Å². The van der Waals surface area contributed by atoms with Crippen LogP contribution >= 0.6 is 0 Å². The van der Waals surface area contributed by atoms with Gasteiger partial charge in [0.25, 0.3) is 5.91 Å². The first-order valence-electron chi connectivity index (χ1n) is 7.26. The Balaban J connectivity index is 1.71. The molecule has 1 aliphatic heterocycles. The summed E-state index contributed by atoms with van der Waals surface area (Å²) in [6, 6.07) is 12.1. The maximum Gasteiger partial charge on any atom is 0.272 e. The normalized spacial score (nSPS) is 17.8. The molecule has 0 bridgehead atoms. The molecule has 21 heavy (non-hydrogen) atoms. The number of amides is 1. The number of nitrogens with one attached hydrogen (secondary N) is 1. The lowest BCUT2D eigenvalue weighted by molar-refractivity contribution is 0.0650. The zero-order valence-electron chi connectivity index (χ0n) is 11.9. The van der Waals surface area contributed by atoms with Gasteiger partial charge in [0, 0.05) is 19.3 Å². The Morgan fingerprint density at radius 2 is 2.19 bits per heavy atom. The van der Waals surface area contributed by atoms with Crippen molar-refractivity contribution in [1.82, 2.24) is 15.1 Å². The molecule has 3 rings (SSSR count). The van der Waals surface area contributed by atoms with Gasteiger partial charge in [0.15, 0.2) is 0 Å². The highest BCUT2D eigenvalue weighted by Gasteiger charge is 2.28. The predicted octanol–water partition coefficient (Wildman–Crippen LogP) is 1.88. The van der Waals surface area contributed by atoms with Crippen LogP contribution in [-0.2, 0) is 11.2 Å². The van der Waals surface area contributed by atoms with Gasteiger partial charge < -0.3 is 9.64 Å². The van der Waals surface area contributed by atoms with E-state index in [1.54, 1.807) is 12.3 Å². The number of rotatable bonds is 5. The molecule has 2 heterocycles. The molecule has 1 aromatic heterocycles. The number of aromatic amines is 1. The molecule has 5 nitrogen and oxygen atoms in total. The van der Waals surface area contributed by atoms with Crippen LogP contribution in [0.3, 0.4) is 0 Å². The number of benzene rings is 1. The SMILES string of the molecule is O=C(c1ccn[nH]1)N(CCc1ccccc1)C1CCOC1. The van der Waals surface area contributed by atoms with Crippen molar-refractivity contribution in [3.8, 4) is 0 Å². The van der Waals surface area contributed by atoms with Crippen LogP contribution in [0, 0.1) is 0 Å². The molecule has 1 fully saturated rings. The van der Waals surface area contributed by atoms with Crippen LogP contribution in [-0.4, -0.2) is 46.8 Å². The van der Waals surface area contributed by atoms with E-state index in [0.29, 0.717) is 18.8 Å². The minimum atomic E-state index is -0.000990. The second kappa shape index (κ2) is 6.54. The highest BCUT2D eigenvalue weighted by atomic mass is 16.5. The summed E-state index contributed by atoms with van der Waals surface area (Å²) in [6.07, 6.45) is 3.35. The molecule has 5 heteroatoms. The Kier molecular flexibility index (Phi) is 4.31.